The van der Waals surface area contributed by atoms with Gasteiger partial charge in [0.15, 0.2) is 5.11 Å². The van der Waals surface area contributed by atoms with Crippen molar-refractivity contribution in [1.29, 1.82) is 0 Å². The molecule has 1 heterocycles. The number of carbonyl (C=O) groups excluding carboxylic acids is 1. The van der Waals surface area contributed by atoms with Crippen molar-refractivity contribution in [1.82, 2.24) is 10.2 Å². The minimum Gasteiger partial charge on any atom is -0.460 e. The Bertz CT molecular complexity index is 739. The predicted octanol–water partition coefficient (Wildman–Crippen LogP) is 1.57. The van der Waals surface area contributed by atoms with Crippen molar-refractivity contribution in [2.24, 2.45) is 0 Å². The van der Waals surface area contributed by atoms with Crippen LogP contribution >= 0.6 is 23.8 Å². The smallest absolute Gasteiger partial charge is 0.338 e. The Hall–Kier alpha value is -1.67. The number of halogens is 1. The molecule has 154 valence electrons. The molecule has 1 aliphatic rings. The largest absolute Gasteiger partial charge is 0.460 e. The zero-order valence-corrected chi connectivity index (χ0v) is 18.5. The van der Waals surface area contributed by atoms with Gasteiger partial charge in [-0.2, -0.15) is 0 Å². The van der Waals surface area contributed by atoms with Gasteiger partial charge in [0.05, 0.1) is 38.9 Å². The molecule has 1 aromatic rings. The van der Waals surface area contributed by atoms with Gasteiger partial charge in [0.1, 0.15) is 6.61 Å². The molecule has 28 heavy (non-hydrogen) atoms. The summed E-state index contributed by atoms with van der Waals surface area (Å²) in [5.74, 6) is -0.391. The number of nitrogens with one attached hydrogen (secondary N) is 2. The van der Waals surface area contributed by atoms with E-state index < -0.39 is 12.0 Å². The Morgan fingerprint density at radius 2 is 2.04 bits per heavy atom. The summed E-state index contributed by atoms with van der Waals surface area (Å²) < 4.78 is 10.4. The lowest BCUT2D eigenvalue weighted by molar-refractivity contribution is -0.858. The number of allylic oxidation sites excluding steroid dienone is 1. The highest BCUT2D eigenvalue weighted by Gasteiger charge is 2.35. The van der Waals surface area contributed by atoms with Crippen LogP contribution in [0.4, 0.5) is 0 Å². The lowest BCUT2D eigenvalue weighted by atomic mass is 9.95. The lowest BCUT2D eigenvalue weighted by Gasteiger charge is -2.37. The second-order valence-electron chi connectivity index (χ2n) is 6.99. The zero-order valence-electron chi connectivity index (χ0n) is 16.9. The van der Waals surface area contributed by atoms with Crippen molar-refractivity contribution in [2.75, 3.05) is 47.5 Å². The van der Waals surface area contributed by atoms with Crippen molar-refractivity contribution in [3.05, 3.63) is 46.1 Å². The Labute approximate surface area is 177 Å². The highest BCUT2D eigenvalue weighted by molar-refractivity contribution is 7.80. The van der Waals surface area contributed by atoms with Gasteiger partial charge in [-0.3, -0.25) is 0 Å². The molecule has 0 radical (unpaired) electrons. The van der Waals surface area contributed by atoms with Crippen LogP contribution in [0.5, 0.6) is 0 Å². The molecular weight excluding hydrogens is 398 g/mol. The third-order valence-corrected chi connectivity index (χ3v) is 5.29. The molecular formula is C20H29ClN3O3S+. The van der Waals surface area contributed by atoms with Gasteiger partial charge >= 0.3 is 5.97 Å². The molecule has 1 aliphatic heterocycles. The van der Waals surface area contributed by atoms with E-state index in [1.807, 2.05) is 30.0 Å². The van der Waals surface area contributed by atoms with Crippen LogP contribution in [0.3, 0.4) is 0 Å². The number of hydrogen-bond donors (Lipinski definition) is 2. The molecule has 0 spiro atoms. The van der Waals surface area contributed by atoms with Gasteiger partial charge in [-0.1, -0.05) is 29.8 Å². The van der Waals surface area contributed by atoms with Crippen molar-refractivity contribution >= 4 is 34.9 Å². The number of rotatable bonds is 9. The average Bonchev–Trinajstić information content (AvgIpc) is 2.64. The van der Waals surface area contributed by atoms with Crippen molar-refractivity contribution in [3.8, 4) is 0 Å². The standard InChI is InChI=1S/C20H28ClN3O3S/c1-14-17(19(25)27-13-12-26-4)18(15-8-5-6-9-16(15)21)22-20(28)24(14)11-7-10-23(2)3/h5-6,8-9,18H,7,10-13H2,1-4H3,(H,22,28)/p+1/t18-/m0/s1. The maximum atomic E-state index is 12.9. The van der Waals surface area contributed by atoms with Crippen molar-refractivity contribution in [2.45, 2.75) is 19.4 Å². The van der Waals surface area contributed by atoms with E-state index in [2.05, 4.69) is 19.4 Å². The molecule has 1 atom stereocenters. The fourth-order valence-electron chi connectivity index (χ4n) is 3.14. The average molecular weight is 427 g/mol. The molecule has 0 saturated carbocycles. The SMILES string of the molecule is COCCOC(=O)C1=C(C)N(CCC[NH+](C)C)C(=S)N[C@H]1c1ccccc1Cl. The summed E-state index contributed by atoms with van der Waals surface area (Å²) in [7, 11) is 5.79. The molecule has 0 unspecified atom stereocenters. The van der Waals surface area contributed by atoms with Crippen LogP contribution in [0.1, 0.15) is 24.9 Å². The summed E-state index contributed by atoms with van der Waals surface area (Å²) in [6, 6.07) is 6.99. The van der Waals surface area contributed by atoms with Gasteiger partial charge < -0.3 is 24.6 Å². The van der Waals surface area contributed by atoms with Gasteiger partial charge in [0, 0.05) is 30.8 Å². The molecule has 0 aromatic heterocycles. The summed E-state index contributed by atoms with van der Waals surface area (Å²) in [5.41, 5.74) is 2.11. The lowest BCUT2D eigenvalue weighted by Crippen LogP contribution is -3.05. The summed E-state index contributed by atoms with van der Waals surface area (Å²) in [4.78, 5) is 16.3. The van der Waals surface area contributed by atoms with E-state index in [4.69, 9.17) is 33.3 Å². The highest BCUT2D eigenvalue weighted by Crippen LogP contribution is 2.34. The summed E-state index contributed by atoms with van der Waals surface area (Å²) >= 11 is 12.0. The molecule has 2 N–H and O–H groups in total. The van der Waals surface area contributed by atoms with E-state index in [0.29, 0.717) is 22.3 Å². The quantitative estimate of drug-likeness (QED) is 0.355. The molecule has 0 saturated heterocycles. The fourth-order valence-corrected chi connectivity index (χ4v) is 3.73. The maximum Gasteiger partial charge on any atom is 0.338 e. The second kappa shape index (κ2) is 10.8. The first-order valence-corrected chi connectivity index (χ1v) is 10.1. The molecule has 2 rings (SSSR count). The number of benzene rings is 1. The van der Waals surface area contributed by atoms with Gasteiger partial charge in [-0.15, -0.1) is 0 Å². The number of ether oxygens (including phenoxy) is 2. The van der Waals surface area contributed by atoms with E-state index in [-0.39, 0.29) is 6.61 Å². The van der Waals surface area contributed by atoms with Gasteiger partial charge in [-0.25, -0.2) is 4.79 Å². The predicted molar refractivity (Wildman–Crippen MR) is 114 cm³/mol. The second-order valence-corrected chi connectivity index (χ2v) is 7.79. The van der Waals surface area contributed by atoms with Crippen LogP contribution in [-0.2, 0) is 14.3 Å². The van der Waals surface area contributed by atoms with Crippen LogP contribution in [0.2, 0.25) is 5.02 Å². The van der Waals surface area contributed by atoms with Crippen LogP contribution in [0, 0.1) is 0 Å². The minimum atomic E-state index is -0.452. The first-order valence-electron chi connectivity index (χ1n) is 9.35. The normalized spacial score (nSPS) is 17.1. The molecule has 0 aliphatic carbocycles. The Morgan fingerprint density at radius 3 is 2.68 bits per heavy atom. The number of carbonyl (C=O) groups is 1. The Kier molecular flexibility index (Phi) is 8.69. The van der Waals surface area contributed by atoms with Gasteiger partial charge in [0.25, 0.3) is 0 Å². The molecule has 1 aromatic carbocycles. The Balaban J connectivity index is 2.36. The number of thiocarbonyl (C=S) groups is 1. The number of hydrogen-bond acceptors (Lipinski definition) is 4. The van der Waals surface area contributed by atoms with Crippen molar-refractivity contribution < 1.29 is 19.2 Å². The molecule has 0 bridgehead atoms. The summed E-state index contributed by atoms with van der Waals surface area (Å²) in [6.07, 6.45) is 0.949. The molecule has 8 heteroatoms. The zero-order chi connectivity index (χ0) is 20.7. The van der Waals surface area contributed by atoms with Gasteiger partial charge in [-0.05, 0) is 30.8 Å². The number of quaternary nitrogens is 1. The first kappa shape index (κ1) is 22.6. The van der Waals surface area contributed by atoms with Crippen molar-refractivity contribution in [3.63, 3.8) is 0 Å². The molecule has 0 fully saturated rings. The van der Waals surface area contributed by atoms with Crippen LogP contribution in [-0.4, -0.2) is 63.5 Å². The third-order valence-electron chi connectivity index (χ3n) is 4.61. The van der Waals surface area contributed by atoms with Crippen LogP contribution in [0.25, 0.3) is 0 Å². The van der Waals surface area contributed by atoms with E-state index in [1.54, 1.807) is 13.2 Å². The van der Waals surface area contributed by atoms with Gasteiger partial charge in [0.2, 0.25) is 0 Å². The number of nitrogens with zero attached hydrogens (tertiary/aromatic N) is 1. The van der Waals surface area contributed by atoms with E-state index >= 15 is 0 Å². The number of methoxy groups -OCH3 is 1. The van der Waals surface area contributed by atoms with E-state index in [9.17, 15) is 4.79 Å². The Morgan fingerprint density at radius 1 is 1.32 bits per heavy atom. The topological polar surface area (TPSA) is 55.2 Å². The van der Waals surface area contributed by atoms with E-state index in [1.165, 1.54) is 4.90 Å². The maximum absolute atomic E-state index is 12.9. The summed E-state index contributed by atoms with van der Waals surface area (Å²) in [5, 5.41) is 4.45. The minimum absolute atomic E-state index is 0.190. The summed E-state index contributed by atoms with van der Waals surface area (Å²) in [6.45, 7) is 4.18. The first-order chi connectivity index (χ1) is 13.4. The number of esters is 1. The van der Waals surface area contributed by atoms with Crippen LogP contribution in [0.15, 0.2) is 35.5 Å². The van der Waals surface area contributed by atoms with E-state index in [0.717, 1.165) is 30.8 Å². The van der Waals surface area contributed by atoms with Crippen LogP contribution < -0.4 is 10.2 Å². The molecule has 0 amide bonds. The fraction of sp³-hybridized carbons (Fsp3) is 0.500. The third kappa shape index (κ3) is 5.67. The highest BCUT2D eigenvalue weighted by atomic mass is 35.5. The molecule has 6 nitrogen and oxygen atoms in total. The monoisotopic (exact) mass is 426 g/mol.